The molecule has 3 aromatic rings. The maximum absolute atomic E-state index is 12.3. The Bertz CT molecular complexity index is 986. The number of aryl methyl sites for hydroxylation is 1. The number of carbonyl (C=O) groups is 1. The summed E-state index contributed by atoms with van der Waals surface area (Å²) in [6.45, 7) is 2.59. The molecule has 0 saturated heterocycles. The van der Waals surface area contributed by atoms with E-state index >= 15 is 0 Å². The predicted molar refractivity (Wildman–Crippen MR) is 120 cm³/mol. The number of nitrogens with zero attached hydrogens (tertiary/aromatic N) is 1. The zero-order valence-corrected chi connectivity index (χ0v) is 19.0. The van der Waals surface area contributed by atoms with Crippen molar-refractivity contribution < 1.29 is 14.3 Å². The number of carbonyl (C=O) groups excluding carboxylic acids is 1. The molecule has 0 atom stereocenters. The Hall–Kier alpha value is -2.38. The van der Waals surface area contributed by atoms with Crippen LogP contribution >= 0.6 is 27.3 Å². The average Bonchev–Trinajstić information content (AvgIpc) is 3.17. The van der Waals surface area contributed by atoms with Crippen molar-refractivity contribution in [2.24, 2.45) is 0 Å². The highest BCUT2D eigenvalue weighted by Crippen LogP contribution is 2.33. The van der Waals surface area contributed by atoms with Crippen molar-refractivity contribution in [3.63, 3.8) is 0 Å². The Morgan fingerprint density at radius 3 is 2.52 bits per heavy atom. The first-order valence-electron chi connectivity index (χ1n) is 9.18. The van der Waals surface area contributed by atoms with Gasteiger partial charge in [0.05, 0.1) is 26.3 Å². The molecule has 0 saturated carbocycles. The third-order valence-corrected chi connectivity index (χ3v) is 6.14. The molecule has 1 amide bonds. The predicted octanol–water partition coefficient (Wildman–Crippen LogP) is 4.80. The van der Waals surface area contributed by atoms with Crippen LogP contribution in [-0.4, -0.2) is 31.7 Å². The fraction of sp³-hybridized carbons (Fsp3) is 0.273. The van der Waals surface area contributed by atoms with E-state index in [-0.39, 0.29) is 12.3 Å². The van der Waals surface area contributed by atoms with E-state index in [1.54, 1.807) is 25.6 Å². The topological polar surface area (TPSA) is 60.5 Å². The van der Waals surface area contributed by atoms with Crippen LogP contribution in [0.25, 0.3) is 10.6 Å². The summed E-state index contributed by atoms with van der Waals surface area (Å²) in [4.78, 5) is 16.9. The number of nitrogens with one attached hydrogen (secondary N) is 1. The molecule has 7 heteroatoms. The molecule has 0 spiro atoms. The number of hydrogen-bond acceptors (Lipinski definition) is 5. The van der Waals surface area contributed by atoms with Crippen LogP contribution < -0.4 is 14.8 Å². The van der Waals surface area contributed by atoms with Crippen LogP contribution in [0, 0.1) is 6.92 Å². The van der Waals surface area contributed by atoms with Crippen LogP contribution in [0.5, 0.6) is 11.5 Å². The van der Waals surface area contributed by atoms with Crippen LogP contribution in [0.2, 0.25) is 0 Å². The fourth-order valence-electron chi connectivity index (χ4n) is 2.87. The molecule has 2 aromatic carbocycles. The van der Waals surface area contributed by atoms with Gasteiger partial charge in [-0.1, -0.05) is 45.8 Å². The largest absolute Gasteiger partial charge is 0.493 e. The second-order valence-corrected chi connectivity index (χ2v) is 8.30. The molecule has 3 rings (SSSR count). The molecule has 0 radical (unpaired) electrons. The molecule has 29 heavy (non-hydrogen) atoms. The Kier molecular flexibility index (Phi) is 7.28. The van der Waals surface area contributed by atoms with Crippen LogP contribution in [0.3, 0.4) is 0 Å². The van der Waals surface area contributed by atoms with E-state index in [9.17, 15) is 4.79 Å². The zero-order chi connectivity index (χ0) is 20.8. The number of benzene rings is 2. The summed E-state index contributed by atoms with van der Waals surface area (Å²) < 4.78 is 11.6. The highest BCUT2D eigenvalue weighted by atomic mass is 79.9. The molecule has 0 bridgehead atoms. The summed E-state index contributed by atoms with van der Waals surface area (Å²) >= 11 is 5.10. The van der Waals surface area contributed by atoms with E-state index in [2.05, 4.69) is 57.4 Å². The highest BCUT2D eigenvalue weighted by molar-refractivity contribution is 9.10. The highest BCUT2D eigenvalue weighted by Gasteiger charge is 2.11. The lowest BCUT2D eigenvalue weighted by Crippen LogP contribution is -2.27. The maximum Gasteiger partial charge on any atom is 0.226 e. The Labute approximate surface area is 183 Å². The van der Waals surface area contributed by atoms with Gasteiger partial charge in [-0.15, -0.1) is 11.3 Å². The van der Waals surface area contributed by atoms with Crippen molar-refractivity contribution in [3.8, 4) is 22.1 Å². The number of halogens is 1. The average molecular weight is 475 g/mol. The lowest BCUT2D eigenvalue weighted by atomic mass is 10.1. The number of ether oxygens (including phenoxy) is 2. The van der Waals surface area contributed by atoms with E-state index in [1.807, 2.05) is 17.5 Å². The lowest BCUT2D eigenvalue weighted by Gasteiger charge is -2.12. The van der Waals surface area contributed by atoms with Gasteiger partial charge in [0.2, 0.25) is 5.91 Å². The van der Waals surface area contributed by atoms with Crippen molar-refractivity contribution >= 4 is 33.2 Å². The van der Waals surface area contributed by atoms with Gasteiger partial charge in [-0.25, -0.2) is 4.98 Å². The van der Waals surface area contributed by atoms with Gasteiger partial charge >= 0.3 is 0 Å². The molecule has 1 heterocycles. The molecule has 0 aliphatic carbocycles. The zero-order valence-electron chi connectivity index (χ0n) is 16.6. The van der Waals surface area contributed by atoms with E-state index in [4.69, 9.17) is 9.47 Å². The quantitative estimate of drug-likeness (QED) is 0.509. The summed E-state index contributed by atoms with van der Waals surface area (Å²) in [5.41, 5.74) is 4.12. The second kappa shape index (κ2) is 9.89. The van der Waals surface area contributed by atoms with Crippen LogP contribution in [0.1, 0.15) is 16.8 Å². The standard InChI is InChI=1S/C22H23BrN2O3S/c1-14-4-6-15(7-5-14)22-25-17(13-29-22)11-21(26)24-9-8-16-10-19(27-2)20(28-3)12-18(16)23/h4-7,10,12-13H,8-9,11H2,1-3H3,(H,24,26). The van der Waals surface area contributed by atoms with E-state index in [0.717, 1.165) is 26.3 Å². The normalized spacial score (nSPS) is 10.6. The summed E-state index contributed by atoms with van der Waals surface area (Å²) in [5, 5.41) is 5.84. The number of hydrogen-bond donors (Lipinski definition) is 1. The number of thiazole rings is 1. The molecule has 1 aromatic heterocycles. The molecule has 152 valence electrons. The molecular formula is C22H23BrN2O3S. The maximum atomic E-state index is 12.3. The molecule has 1 N–H and O–H groups in total. The molecule has 0 aliphatic rings. The van der Waals surface area contributed by atoms with Crippen molar-refractivity contribution in [2.75, 3.05) is 20.8 Å². The molecule has 0 aliphatic heterocycles. The summed E-state index contributed by atoms with van der Waals surface area (Å²) in [6, 6.07) is 12.0. The van der Waals surface area contributed by atoms with Gasteiger partial charge in [0.1, 0.15) is 5.01 Å². The minimum Gasteiger partial charge on any atom is -0.493 e. The van der Waals surface area contributed by atoms with E-state index in [1.165, 1.54) is 5.56 Å². The minimum absolute atomic E-state index is 0.0395. The smallest absolute Gasteiger partial charge is 0.226 e. The lowest BCUT2D eigenvalue weighted by molar-refractivity contribution is -0.120. The van der Waals surface area contributed by atoms with E-state index < -0.39 is 0 Å². The van der Waals surface area contributed by atoms with Crippen molar-refractivity contribution in [2.45, 2.75) is 19.8 Å². The first kappa shape index (κ1) is 21.3. The fourth-order valence-corrected chi connectivity index (χ4v) is 4.21. The molecule has 0 fully saturated rings. The van der Waals surface area contributed by atoms with Crippen LogP contribution in [0.4, 0.5) is 0 Å². The van der Waals surface area contributed by atoms with Gasteiger partial charge in [0, 0.05) is 22.0 Å². The number of amides is 1. The minimum atomic E-state index is -0.0395. The third-order valence-electron chi connectivity index (χ3n) is 4.46. The molecule has 0 unspecified atom stereocenters. The number of aromatic nitrogens is 1. The van der Waals surface area contributed by atoms with Gasteiger partial charge in [-0.05, 0) is 31.0 Å². The Morgan fingerprint density at radius 2 is 1.83 bits per heavy atom. The Balaban J connectivity index is 1.54. The molecule has 5 nitrogen and oxygen atoms in total. The summed E-state index contributed by atoms with van der Waals surface area (Å²) in [6.07, 6.45) is 0.952. The van der Waals surface area contributed by atoms with Gasteiger partial charge in [0.15, 0.2) is 11.5 Å². The summed E-state index contributed by atoms with van der Waals surface area (Å²) in [7, 11) is 3.21. The van der Waals surface area contributed by atoms with Gasteiger partial charge in [-0.2, -0.15) is 0 Å². The first-order chi connectivity index (χ1) is 14.0. The first-order valence-corrected chi connectivity index (χ1v) is 10.9. The van der Waals surface area contributed by atoms with Crippen molar-refractivity contribution in [1.82, 2.24) is 10.3 Å². The Morgan fingerprint density at radius 1 is 1.14 bits per heavy atom. The second-order valence-electron chi connectivity index (χ2n) is 6.59. The van der Waals surface area contributed by atoms with Crippen LogP contribution in [0.15, 0.2) is 46.3 Å². The monoisotopic (exact) mass is 474 g/mol. The van der Waals surface area contributed by atoms with E-state index in [0.29, 0.717) is 24.5 Å². The van der Waals surface area contributed by atoms with Crippen molar-refractivity contribution in [1.29, 1.82) is 0 Å². The number of methoxy groups -OCH3 is 2. The molecular weight excluding hydrogens is 452 g/mol. The van der Waals surface area contributed by atoms with Gasteiger partial charge in [-0.3, -0.25) is 4.79 Å². The number of rotatable bonds is 8. The summed E-state index contributed by atoms with van der Waals surface area (Å²) in [5.74, 6) is 1.30. The van der Waals surface area contributed by atoms with Gasteiger partial charge < -0.3 is 14.8 Å². The van der Waals surface area contributed by atoms with Crippen LogP contribution in [-0.2, 0) is 17.6 Å². The van der Waals surface area contributed by atoms with Gasteiger partial charge in [0.25, 0.3) is 0 Å². The van der Waals surface area contributed by atoms with Crippen molar-refractivity contribution in [3.05, 3.63) is 63.1 Å². The SMILES string of the molecule is COc1cc(Br)c(CCNC(=O)Cc2csc(-c3ccc(C)cc3)n2)cc1OC. The third kappa shape index (κ3) is 5.58.